The lowest BCUT2D eigenvalue weighted by Crippen LogP contribution is -2.34. The minimum atomic E-state index is -0.160. The summed E-state index contributed by atoms with van der Waals surface area (Å²) in [6, 6.07) is 15.1. The largest absolute Gasteiger partial charge is 0.325 e. The summed E-state index contributed by atoms with van der Waals surface area (Å²) in [6.45, 7) is 7.47. The van der Waals surface area contributed by atoms with E-state index in [4.69, 9.17) is 0 Å². The molecule has 1 heterocycles. The van der Waals surface area contributed by atoms with E-state index in [1.54, 1.807) is 6.07 Å². The predicted octanol–water partition coefficient (Wildman–Crippen LogP) is 3.51. The zero-order valence-electron chi connectivity index (χ0n) is 16.5. The van der Waals surface area contributed by atoms with Gasteiger partial charge >= 0.3 is 0 Å². The van der Waals surface area contributed by atoms with Crippen LogP contribution in [0.5, 0.6) is 0 Å². The van der Waals surface area contributed by atoms with Crippen LogP contribution < -0.4 is 10.9 Å². The second-order valence-corrected chi connectivity index (χ2v) is 7.12. The first kappa shape index (κ1) is 19.8. The third-order valence-electron chi connectivity index (χ3n) is 4.71. The topological polar surface area (TPSA) is 78.1 Å². The number of fused-ring (bicyclic) bond motifs is 1. The maximum absolute atomic E-state index is 12.6. The first-order valence-electron chi connectivity index (χ1n) is 9.57. The number of anilines is 1. The lowest BCUT2D eigenvalue weighted by atomic mass is 10.0. The number of carbonyl (C=O) groups is 1. The summed E-state index contributed by atoms with van der Waals surface area (Å²) in [5, 5.41) is 3.58. The zero-order valence-corrected chi connectivity index (χ0v) is 16.5. The van der Waals surface area contributed by atoms with Gasteiger partial charge in [0.05, 0.1) is 24.0 Å². The van der Waals surface area contributed by atoms with Gasteiger partial charge in [0.2, 0.25) is 5.91 Å². The van der Waals surface area contributed by atoms with Crippen LogP contribution in [0.1, 0.15) is 38.1 Å². The van der Waals surface area contributed by atoms with Crippen LogP contribution in [0, 0.1) is 0 Å². The number of nitrogens with zero attached hydrogens (tertiary/aromatic N) is 2. The molecule has 0 fully saturated rings. The molecule has 6 nitrogen and oxygen atoms in total. The molecular weight excluding hydrogens is 352 g/mol. The van der Waals surface area contributed by atoms with Crippen molar-refractivity contribution in [2.75, 3.05) is 18.4 Å². The molecule has 1 aromatic heterocycles. The molecule has 0 aliphatic heterocycles. The number of aromatic amines is 1. The Morgan fingerprint density at radius 2 is 1.86 bits per heavy atom. The molecule has 6 heteroatoms. The highest BCUT2D eigenvalue weighted by molar-refractivity contribution is 5.93. The summed E-state index contributed by atoms with van der Waals surface area (Å²) in [7, 11) is 0. The molecule has 1 amide bonds. The molecule has 0 aliphatic rings. The van der Waals surface area contributed by atoms with Gasteiger partial charge in [-0.3, -0.25) is 14.5 Å². The average molecular weight is 378 g/mol. The zero-order chi connectivity index (χ0) is 20.1. The Kier molecular flexibility index (Phi) is 6.21. The Morgan fingerprint density at radius 3 is 2.61 bits per heavy atom. The van der Waals surface area contributed by atoms with Crippen molar-refractivity contribution in [3.63, 3.8) is 0 Å². The van der Waals surface area contributed by atoms with Crippen molar-refractivity contribution in [3.8, 4) is 0 Å². The molecule has 3 rings (SSSR count). The van der Waals surface area contributed by atoms with Crippen LogP contribution in [-0.4, -0.2) is 33.9 Å². The molecule has 0 saturated carbocycles. The van der Waals surface area contributed by atoms with Crippen LogP contribution in [0.15, 0.2) is 53.3 Å². The first-order chi connectivity index (χ1) is 13.5. The van der Waals surface area contributed by atoms with Crippen molar-refractivity contribution in [3.05, 3.63) is 70.3 Å². The van der Waals surface area contributed by atoms with E-state index in [1.807, 2.05) is 54.3 Å². The molecule has 28 heavy (non-hydrogen) atoms. The normalized spacial score (nSPS) is 11.3. The third-order valence-corrected chi connectivity index (χ3v) is 4.71. The highest BCUT2D eigenvalue weighted by Gasteiger charge is 2.14. The van der Waals surface area contributed by atoms with Crippen LogP contribution in [0.2, 0.25) is 0 Å². The molecule has 0 unspecified atom stereocenters. The molecule has 0 radical (unpaired) electrons. The van der Waals surface area contributed by atoms with Crippen molar-refractivity contribution in [1.29, 1.82) is 0 Å². The molecular formula is C22H26N4O2. The number of hydrogen-bond acceptors (Lipinski definition) is 4. The monoisotopic (exact) mass is 378 g/mol. The second kappa shape index (κ2) is 8.80. The number of H-pyrrole nitrogens is 1. The number of carbonyl (C=O) groups excluding carboxylic acids is 1. The lowest BCUT2D eigenvalue weighted by Gasteiger charge is -2.20. The van der Waals surface area contributed by atoms with Gasteiger partial charge in [0.1, 0.15) is 5.82 Å². The van der Waals surface area contributed by atoms with Crippen molar-refractivity contribution in [2.24, 2.45) is 0 Å². The van der Waals surface area contributed by atoms with Gasteiger partial charge in [0.15, 0.2) is 0 Å². The van der Waals surface area contributed by atoms with Crippen LogP contribution in [0.4, 0.5) is 5.69 Å². The Labute approximate surface area is 164 Å². The third kappa shape index (κ3) is 4.64. The van der Waals surface area contributed by atoms with E-state index in [-0.39, 0.29) is 18.0 Å². The Hall–Kier alpha value is -2.99. The van der Waals surface area contributed by atoms with E-state index in [0.29, 0.717) is 35.7 Å². The predicted molar refractivity (Wildman–Crippen MR) is 112 cm³/mol. The minimum Gasteiger partial charge on any atom is -0.325 e. The van der Waals surface area contributed by atoms with Gasteiger partial charge in [-0.05, 0) is 36.2 Å². The summed E-state index contributed by atoms with van der Waals surface area (Å²) < 4.78 is 0. The van der Waals surface area contributed by atoms with Crippen LogP contribution in [-0.2, 0) is 11.3 Å². The van der Waals surface area contributed by atoms with E-state index in [1.165, 1.54) is 0 Å². The van der Waals surface area contributed by atoms with Crippen LogP contribution in [0.25, 0.3) is 10.9 Å². The molecule has 0 aliphatic carbocycles. The molecule has 0 bridgehead atoms. The lowest BCUT2D eigenvalue weighted by molar-refractivity contribution is -0.117. The number of benzene rings is 2. The Balaban J connectivity index is 1.71. The van der Waals surface area contributed by atoms with Gasteiger partial charge in [-0.1, -0.05) is 51.1 Å². The minimum absolute atomic E-state index is 0.0851. The number of nitrogens with one attached hydrogen (secondary N) is 2. The smallest absolute Gasteiger partial charge is 0.258 e. The van der Waals surface area contributed by atoms with Gasteiger partial charge in [0, 0.05) is 5.69 Å². The number of rotatable bonds is 7. The van der Waals surface area contributed by atoms with Crippen LogP contribution >= 0.6 is 0 Å². The molecule has 2 N–H and O–H groups in total. The van der Waals surface area contributed by atoms with E-state index in [2.05, 4.69) is 29.1 Å². The number of likely N-dealkylation sites (N-methyl/N-ethyl adjacent to an activating group) is 1. The quantitative estimate of drug-likeness (QED) is 0.659. The Morgan fingerprint density at radius 1 is 1.14 bits per heavy atom. The fourth-order valence-corrected chi connectivity index (χ4v) is 3.21. The van der Waals surface area contributed by atoms with E-state index >= 15 is 0 Å². The molecule has 0 spiro atoms. The number of aromatic nitrogens is 2. The van der Waals surface area contributed by atoms with Crippen molar-refractivity contribution in [2.45, 2.75) is 33.2 Å². The Bertz CT molecular complexity index is 1030. The highest BCUT2D eigenvalue weighted by Crippen LogP contribution is 2.23. The standard InChI is InChI=1S/C22H26N4O2/c1-4-26(13-20-23-19-12-8-6-10-17(19)22(28)25-20)14-21(27)24-18-11-7-5-9-16(18)15(2)3/h5-12,15H,4,13-14H2,1-3H3,(H,24,27)(H,23,25,28). The van der Waals surface area contributed by atoms with Crippen molar-refractivity contribution in [1.82, 2.24) is 14.9 Å². The first-order valence-corrected chi connectivity index (χ1v) is 9.57. The SMILES string of the molecule is CCN(CC(=O)Nc1ccccc1C(C)C)Cc1nc2ccccc2c(=O)[nH]1. The summed E-state index contributed by atoms with van der Waals surface area (Å²) in [4.78, 5) is 34.1. The number of amides is 1. The second-order valence-electron chi connectivity index (χ2n) is 7.12. The molecule has 2 aromatic carbocycles. The average Bonchev–Trinajstić information content (AvgIpc) is 2.67. The van der Waals surface area contributed by atoms with Crippen LogP contribution in [0.3, 0.4) is 0 Å². The highest BCUT2D eigenvalue weighted by atomic mass is 16.2. The van der Waals surface area contributed by atoms with Crippen molar-refractivity contribution < 1.29 is 4.79 Å². The fourth-order valence-electron chi connectivity index (χ4n) is 3.21. The summed E-state index contributed by atoms with van der Waals surface area (Å²) in [5.41, 5.74) is 2.45. The molecule has 3 aromatic rings. The summed E-state index contributed by atoms with van der Waals surface area (Å²) >= 11 is 0. The van der Waals surface area contributed by atoms with Gasteiger partial charge in [-0.15, -0.1) is 0 Å². The number of para-hydroxylation sites is 2. The van der Waals surface area contributed by atoms with E-state index in [9.17, 15) is 9.59 Å². The maximum Gasteiger partial charge on any atom is 0.258 e. The van der Waals surface area contributed by atoms with Crippen molar-refractivity contribution >= 4 is 22.5 Å². The molecule has 146 valence electrons. The maximum atomic E-state index is 12.6. The molecule has 0 atom stereocenters. The van der Waals surface area contributed by atoms with Gasteiger partial charge < -0.3 is 10.3 Å². The van der Waals surface area contributed by atoms with Gasteiger partial charge in [-0.2, -0.15) is 0 Å². The van der Waals surface area contributed by atoms with E-state index < -0.39 is 0 Å². The summed E-state index contributed by atoms with van der Waals surface area (Å²) in [6.07, 6.45) is 0. The number of hydrogen-bond donors (Lipinski definition) is 2. The fraction of sp³-hybridized carbons (Fsp3) is 0.318. The van der Waals surface area contributed by atoms with Gasteiger partial charge in [0.25, 0.3) is 5.56 Å². The van der Waals surface area contributed by atoms with Gasteiger partial charge in [-0.25, -0.2) is 4.98 Å². The van der Waals surface area contributed by atoms with E-state index in [0.717, 1.165) is 11.3 Å². The summed E-state index contributed by atoms with van der Waals surface area (Å²) in [5.74, 6) is 0.796. The molecule has 0 saturated heterocycles.